The molecule has 6 nitrogen and oxygen atoms in total. The Morgan fingerprint density at radius 2 is 1.95 bits per heavy atom. The molecular weight excluding hydrogens is 298 g/mol. The fourth-order valence-electron chi connectivity index (χ4n) is 1.87. The lowest BCUT2D eigenvalue weighted by atomic mass is 10.1. The van der Waals surface area contributed by atoms with E-state index in [1.165, 1.54) is 17.3 Å². The second kappa shape index (κ2) is 7.40. The monoisotopic (exact) mass is 319 g/mol. The Bertz CT molecular complexity index is 623. The molecule has 1 amide bonds. The third kappa shape index (κ3) is 4.07. The molecule has 0 aliphatic heterocycles. The molecule has 1 heterocycles. The lowest BCUT2D eigenvalue weighted by Crippen LogP contribution is -2.23. The molecule has 0 aliphatic carbocycles. The molecule has 0 saturated heterocycles. The van der Waals surface area contributed by atoms with Crippen molar-refractivity contribution in [2.45, 2.75) is 50.6 Å². The smallest absolute Gasteiger partial charge is 0.237 e. The minimum atomic E-state index is -0.283. The van der Waals surface area contributed by atoms with E-state index in [1.807, 2.05) is 45.0 Å². The van der Waals surface area contributed by atoms with Crippen LogP contribution >= 0.6 is 11.8 Å². The molecule has 7 heteroatoms. The topological polar surface area (TPSA) is 72.7 Å². The number of nitrogens with zero attached hydrogens (tertiary/aromatic N) is 4. The first-order valence-electron chi connectivity index (χ1n) is 7.35. The second-order valence-electron chi connectivity index (χ2n) is 5.30. The molecule has 1 atom stereocenters. The molecule has 0 bridgehead atoms. The second-order valence-corrected chi connectivity index (χ2v) is 6.61. The van der Waals surface area contributed by atoms with Crippen molar-refractivity contribution in [1.29, 1.82) is 0 Å². The van der Waals surface area contributed by atoms with Crippen LogP contribution in [0.2, 0.25) is 0 Å². The molecule has 1 aromatic heterocycles. The SMILES string of the molecule is CCc1ccc(NC(=O)C(C)Sc2nnnn2C(C)C)cc1. The summed E-state index contributed by atoms with van der Waals surface area (Å²) in [5.74, 6) is -0.0624. The van der Waals surface area contributed by atoms with Gasteiger partial charge in [0.2, 0.25) is 11.1 Å². The number of aromatic nitrogens is 4. The van der Waals surface area contributed by atoms with Gasteiger partial charge in [0.1, 0.15) is 0 Å². The summed E-state index contributed by atoms with van der Waals surface area (Å²) in [6, 6.07) is 8.05. The van der Waals surface area contributed by atoms with Gasteiger partial charge in [0.05, 0.1) is 11.3 Å². The van der Waals surface area contributed by atoms with Crippen LogP contribution in [0.4, 0.5) is 5.69 Å². The predicted octanol–water partition coefficient (Wildman–Crippen LogP) is 2.94. The quantitative estimate of drug-likeness (QED) is 0.829. The maximum Gasteiger partial charge on any atom is 0.237 e. The molecule has 0 saturated carbocycles. The molecule has 118 valence electrons. The van der Waals surface area contributed by atoms with Crippen molar-refractivity contribution in [1.82, 2.24) is 20.2 Å². The largest absolute Gasteiger partial charge is 0.325 e. The normalized spacial score (nSPS) is 12.4. The van der Waals surface area contributed by atoms with Crippen LogP contribution in [0.5, 0.6) is 0 Å². The molecule has 0 spiro atoms. The molecular formula is C15H21N5OS. The maximum atomic E-state index is 12.3. The lowest BCUT2D eigenvalue weighted by Gasteiger charge is -2.13. The molecule has 2 aromatic rings. The molecule has 1 unspecified atom stereocenters. The highest BCUT2D eigenvalue weighted by Crippen LogP contribution is 2.23. The zero-order valence-electron chi connectivity index (χ0n) is 13.3. The van der Waals surface area contributed by atoms with Crippen LogP contribution in [-0.2, 0) is 11.2 Å². The highest BCUT2D eigenvalue weighted by molar-refractivity contribution is 8.00. The van der Waals surface area contributed by atoms with Gasteiger partial charge in [-0.2, -0.15) is 0 Å². The minimum absolute atomic E-state index is 0.0624. The van der Waals surface area contributed by atoms with Crippen LogP contribution in [0.15, 0.2) is 29.4 Å². The Hall–Kier alpha value is -1.89. The number of anilines is 1. The van der Waals surface area contributed by atoms with E-state index in [4.69, 9.17) is 0 Å². The summed E-state index contributed by atoms with van der Waals surface area (Å²) < 4.78 is 1.71. The van der Waals surface area contributed by atoms with E-state index in [0.29, 0.717) is 5.16 Å². The Kier molecular flexibility index (Phi) is 5.54. The van der Waals surface area contributed by atoms with E-state index in [0.717, 1.165) is 12.1 Å². The van der Waals surface area contributed by atoms with E-state index in [1.54, 1.807) is 4.68 Å². The van der Waals surface area contributed by atoms with Crippen molar-refractivity contribution in [3.05, 3.63) is 29.8 Å². The Balaban J connectivity index is 1.98. The third-order valence-electron chi connectivity index (χ3n) is 3.23. The summed E-state index contributed by atoms with van der Waals surface area (Å²) in [5.41, 5.74) is 2.05. The van der Waals surface area contributed by atoms with Gasteiger partial charge in [0.15, 0.2) is 0 Å². The summed E-state index contributed by atoms with van der Waals surface area (Å²) in [6.07, 6.45) is 0.984. The van der Waals surface area contributed by atoms with Gasteiger partial charge in [-0.25, -0.2) is 4.68 Å². The van der Waals surface area contributed by atoms with E-state index in [9.17, 15) is 4.79 Å². The van der Waals surface area contributed by atoms with Gasteiger partial charge in [-0.15, -0.1) is 5.10 Å². The Morgan fingerprint density at radius 1 is 1.27 bits per heavy atom. The van der Waals surface area contributed by atoms with Crippen molar-refractivity contribution in [2.75, 3.05) is 5.32 Å². The van der Waals surface area contributed by atoms with Crippen LogP contribution in [0.25, 0.3) is 0 Å². The third-order valence-corrected chi connectivity index (χ3v) is 4.28. The van der Waals surface area contributed by atoms with Crippen molar-refractivity contribution in [3.8, 4) is 0 Å². The fourth-order valence-corrected chi connectivity index (χ4v) is 2.79. The van der Waals surface area contributed by atoms with Gasteiger partial charge >= 0.3 is 0 Å². The van der Waals surface area contributed by atoms with Crippen LogP contribution in [0.1, 0.15) is 39.3 Å². The number of rotatable bonds is 6. The van der Waals surface area contributed by atoms with Gasteiger partial charge in [-0.1, -0.05) is 30.8 Å². The highest BCUT2D eigenvalue weighted by atomic mass is 32.2. The molecule has 22 heavy (non-hydrogen) atoms. The van der Waals surface area contributed by atoms with Crippen LogP contribution in [0.3, 0.4) is 0 Å². The van der Waals surface area contributed by atoms with E-state index < -0.39 is 0 Å². The number of carbonyl (C=O) groups excluding carboxylic acids is 1. The molecule has 0 fully saturated rings. The number of amides is 1. The number of nitrogens with one attached hydrogen (secondary N) is 1. The molecule has 0 radical (unpaired) electrons. The van der Waals surface area contributed by atoms with Gasteiger partial charge < -0.3 is 5.32 Å². The molecule has 2 rings (SSSR count). The summed E-state index contributed by atoms with van der Waals surface area (Å²) in [5, 5.41) is 14.9. The first-order valence-corrected chi connectivity index (χ1v) is 8.23. The molecule has 1 N–H and O–H groups in total. The van der Waals surface area contributed by atoms with Crippen molar-refractivity contribution in [3.63, 3.8) is 0 Å². The Morgan fingerprint density at radius 3 is 2.55 bits per heavy atom. The predicted molar refractivity (Wildman–Crippen MR) is 88.0 cm³/mol. The number of benzene rings is 1. The minimum Gasteiger partial charge on any atom is -0.325 e. The number of aryl methyl sites for hydroxylation is 1. The van der Waals surface area contributed by atoms with Gasteiger partial charge in [0, 0.05) is 5.69 Å². The maximum absolute atomic E-state index is 12.3. The number of hydrogen-bond acceptors (Lipinski definition) is 5. The highest BCUT2D eigenvalue weighted by Gasteiger charge is 2.19. The average Bonchev–Trinajstić information content (AvgIpc) is 2.96. The lowest BCUT2D eigenvalue weighted by molar-refractivity contribution is -0.115. The first-order chi connectivity index (χ1) is 10.5. The van der Waals surface area contributed by atoms with Gasteiger partial charge in [0.25, 0.3) is 0 Å². The number of carbonyl (C=O) groups is 1. The zero-order valence-corrected chi connectivity index (χ0v) is 14.1. The molecule has 1 aromatic carbocycles. The van der Waals surface area contributed by atoms with Crippen molar-refractivity contribution >= 4 is 23.4 Å². The van der Waals surface area contributed by atoms with Gasteiger partial charge in [-0.3, -0.25) is 4.79 Å². The average molecular weight is 319 g/mol. The molecule has 0 aliphatic rings. The zero-order chi connectivity index (χ0) is 16.1. The van der Waals surface area contributed by atoms with Crippen LogP contribution in [-0.4, -0.2) is 31.4 Å². The number of hydrogen-bond donors (Lipinski definition) is 1. The van der Waals surface area contributed by atoms with Crippen molar-refractivity contribution in [2.24, 2.45) is 0 Å². The summed E-state index contributed by atoms with van der Waals surface area (Å²) in [4.78, 5) is 12.3. The first kappa shape index (κ1) is 16.5. The van der Waals surface area contributed by atoms with Crippen LogP contribution < -0.4 is 5.32 Å². The summed E-state index contributed by atoms with van der Waals surface area (Å²) in [6.45, 7) is 7.95. The van der Waals surface area contributed by atoms with E-state index >= 15 is 0 Å². The van der Waals surface area contributed by atoms with Crippen molar-refractivity contribution < 1.29 is 4.79 Å². The van der Waals surface area contributed by atoms with Crippen LogP contribution in [0, 0.1) is 0 Å². The summed E-state index contributed by atoms with van der Waals surface area (Å²) in [7, 11) is 0. The van der Waals surface area contributed by atoms with E-state index in [-0.39, 0.29) is 17.2 Å². The Labute approximate surface area is 134 Å². The van der Waals surface area contributed by atoms with E-state index in [2.05, 4.69) is 27.8 Å². The van der Waals surface area contributed by atoms with Gasteiger partial charge in [-0.05, 0) is 55.3 Å². The fraction of sp³-hybridized carbons (Fsp3) is 0.467. The number of tetrazole rings is 1. The summed E-state index contributed by atoms with van der Waals surface area (Å²) >= 11 is 1.36. The number of thioether (sulfide) groups is 1. The standard InChI is InChI=1S/C15H21N5OS/c1-5-12-6-8-13(9-7-12)16-14(21)11(4)22-15-17-18-19-20(15)10(2)3/h6-11H,5H2,1-4H3,(H,16,21).